The SMILES string of the molecule is O=C(Nc1ccc(Cl)c(Cl)c1)[C@@H]1Oc2c(c(=O)oc3ccccc23)[C@@H]1c1ccc2c(c1)OCO2. The molecule has 9 heteroatoms. The molecule has 6 rings (SSSR count). The van der Waals surface area contributed by atoms with Crippen LogP contribution in [0.5, 0.6) is 17.2 Å². The summed E-state index contributed by atoms with van der Waals surface area (Å²) in [6, 6.07) is 17.1. The highest BCUT2D eigenvalue weighted by molar-refractivity contribution is 6.42. The van der Waals surface area contributed by atoms with Crippen molar-refractivity contribution in [2.45, 2.75) is 12.0 Å². The Kier molecular flexibility index (Phi) is 4.90. The summed E-state index contributed by atoms with van der Waals surface area (Å²) in [5, 5.41) is 4.08. The van der Waals surface area contributed by atoms with Crippen LogP contribution in [0.3, 0.4) is 0 Å². The number of anilines is 1. The van der Waals surface area contributed by atoms with Crippen LogP contribution in [0.25, 0.3) is 11.0 Å². The number of halogens is 2. The van der Waals surface area contributed by atoms with Crippen LogP contribution in [0.1, 0.15) is 17.0 Å². The van der Waals surface area contributed by atoms with Crippen molar-refractivity contribution in [3.63, 3.8) is 0 Å². The predicted octanol–water partition coefficient (Wildman–Crippen LogP) is 5.36. The van der Waals surface area contributed by atoms with Crippen molar-refractivity contribution in [1.82, 2.24) is 0 Å². The molecule has 34 heavy (non-hydrogen) atoms. The highest BCUT2D eigenvalue weighted by Gasteiger charge is 2.44. The Morgan fingerprint density at radius 3 is 2.62 bits per heavy atom. The molecule has 3 aromatic carbocycles. The van der Waals surface area contributed by atoms with Crippen molar-refractivity contribution in [3.8, 4) is 17.2 Å². The summed E-state index contributed by atoms with van der Waals surface area (Å²) in [5.74, 6) is 0.239. The summed E-state index contributed by atoms with van der Waals surface area (Å²) in [6.45, 7) is 0.102. The van der Waals surface area contributed by atoms with E-state index in [1.165, 1.54) is 0 Å². The van der Waals surface area contributed by atoms with Gasteiger partial charge in [-0.25, -0.2) is 4.79 Å². The maximum atomic E-state index is 13.4. The van der Waals surface area contributed by atoms with Crippen molar-refractivity contribution < 1.29 is 23.4 Å². The van der Waals surface area contributed by atoms with Crippen LogP contribution in [0.4, 0.5) is 5.69 Å². The average Bonchev–Trinajstić information content (AvgIpc) is 3.46. The number of hydrogen-bond acceptors (Lipinski definition) is 6. The topological polar surface area (TPSA) is 87.0 Å². The summed E-state index contributed by atoms with van der Waals surface area (Å²) in [4.78, 5) is 26.5. The average molecular weight is 496 g/mol. The van der Waals surface area contributed by atoms with Gasteiger partial charge in [0, 0.05) is 5.69 Å². The van der Waals surface area contributed by atoms with Gasteiger partial charge in [0.1, 0.15) is 11.3 Å². The van der Waals surface area contributed by atoms with Crippen LogP contribution < -0.4 is 25.2 Å². The van der Waals surface area contributed by atoms with Gasteiger partial charge in [0.15, 0.2) is 17.6 Å². The summed E-state index contributed by atoms with van der Waals surface area (Å²) in [5.41, 5.74) is 1.18. The summed E-state index contributed by atoms with van der Waals surface area (Å²) in [7, 11) is 0. The van der Waals surface area contributed by atoms with E-state index in [0.29, 0.717) is 49.5 Å². The zero-order chi connectivity index (χ0) is 23.4. The van der Waals surface area contributed by atoms with E-state index in [-0.39, 0.29) is 12.4 Å². The Labute approximate surface area is 202 Å². The van der Waals surface area contributed by atoms with E-state index in [4.69, 9.17) is 41.8 Å². The van der Waals surface area contributed by atoms with Gasteiger partial charge in [-0.15, -0.1) is 0 Å². The van der Waals surface area contributed by atoms with Crippen LogP contribution in [-0.2, 0) is 4.79 Å². The van der Waals surface area contributed by atoms with E-state index in [1.807, 2.05) is 6.07 Å². The van der Waals surface area contributed by atoms with Crippen LogP contribution in [0.15, 0.2) is 69.9 Å². The highest BCUT2D eigenvalue weighted by Crippen LogP contribution is 2.46. The van der Waals surface area contributed by atoms with Gasteiger partial charge in [0.05, 0.1) is 26.9 Å². The zero-order valence-electron chi connectivity index (χ0n) is 17.3. The third kappa shape index (κ3) is 3.36. The van der Waals surface area contributed by atoms with Crippen LogP contribution >= 0.6 is 23.2 Å². The summed E-state index contributed by atoms with van der Waals surface area (Å²) >= 11 is 12.1. The van der Waals surface area contributed by atoms with Crippen molar-refractivity contribution in [2.24, 2.45) is 0 Å². The molecule has 1 amide bonds. The number of hydrogen-bond donors (Lipinski definition) is 1. The first-order chi connectivity index (χ1) is 16.5. The molecule has 0 radical (unpaired) electrons. The maximum Gasteiger partial charge on any atom is 0.344 e. The molecule has 0 fully saturated rings. The highest BCUT2D eigenvalue weighted by atomic mass is 35.5. The van der Waals surface area contributed by atoms with E-state index in [9.17, 15) is 9.59 Å². The fourth-order valence-corrected chi connectivity index (χ4v) is 4.62. The predicted molar refractivity (Wildman–Crippen MR) is 126 cm³/mol. The van der Waals surface area contributed by atoms with E-state index in [2.05, 4.69) is 5.32 Å². The zero-order valence-corrected chi connectivity index (χ0v) is 18.9. The molecule has 2 aliphatic heterocycles. The summed E-state index contributed by atoms with van der Waals surface area (Å²) in [6.07, 6.45) is -1.06. The van der Waals surface area contributed by atoms with E-state index in [0.717, 1.165) is 0 Å². The maximum absolute atomic E-state index is 13.4. The molecule has 0 aliphatic carbocycles. The normalized spacial score (nSPS) is 17.9. The molecular weight excluding hydrogens is 481 g/mol. The fraction of sp³-hybridized carbons (Fsp3) is 0.120. The van der Waals surface area contributed by atoms with Gasteiger partial charge in [0.2, 0.25) is 6.79 Å². The standard InChI is InChI=1S/C25H15Cl2NO6/c26-15-7-6-13(10-16(15)27)28-24(29)23-20(12-5-8-18-19(9-12)32-11-31-18)21-22(34-23)14-3-1-2-4-17(14)33-25(21)30/h1-10,20,23H,11H2,(H,28,29)/t20-,23+/m0/s1. The number of benzene rings is 3. The first-order valence-electron chi connectivity index (χ1n) is 10.4. The van der Waals surface area contributed by atoms with Gasteiger partial charge in [-0.2, -0.15) is 0 Å². The molecule has 0 spiro atoms. The lowest BCUT2D eigenvalue weighted by Gasteiger charge is -2.19. The van der Waals surface area contributed by atoms with Gasteiger partial charge >= 0.3 is 5.63 Å². The molecule has 3 heterocycles. The molecule has 1 aromatic heterocycles. The van der Waals surface area contributed by atoms with Gasteiger partial charge < -0.3 is 23.9 Å². The molecular formula is C25H15Cl2NO6. The lowest BCUT2D eigenvalue weighted by atomic mass is 9.88. The number of rotatable bonds is 3. The number of para-hydroxylation sites is 1. The van der Waals surface area contributed by atoms with Crippen molar-refractivity contribution in [3.05, 3.63) is 92.3 Å². The number of nitrogens with one attached hydrogen (secondary N) is 1. The molecule has 0 saturated carbocycles. The van der Waals surface area contributed by atoms with Gasteiger partial charge in [0.25, 0.3) is 5.91 Å². The Morgan fingerprint density at radius 1 is 0.941 bits per heavy atom. The Bertz CT molecular complexity index is 1530. The molecule has 2 aliphatic rings. The molecule has 1 N–H and O–H groups in total. The largest absolute Gasteiger partial charge is 0.478 e. The molecule has 0 unspecified atom stereocenters. The van der Waals surface area contributed by atoms with Crippen molar-refractivity contribution in [1.29, 1.82) is 0 Å². The third-order valence-corrected chi connectivity index (χ3v) is 6.60. The van der Waals surface area contributed by atoms with Gasteiger partial charge in [-0.1, -0.05) is 41.4 Å². The second-order valence-corrected chi connectivity index (χ2v) is 8.69. The van der Waals surface area contributed by atoms with Crippen LogP contribution in [0.2, 0.25) is 10.0 Å². The van der Waals surface area contributed by atoms with Crippen molar-refractivity contribution in [2.75, 3.05) is 12.1 Å². The van der Waals surface area contributed by atoms with Crippen molar-refractivity contribution >= 4 is 45.8 Å². The number of carbonyl (C=O) groups is 1. The molecule has 0 bridgehead atoms. The first kappa shape index (κ1) is 20.9. The Morgan fingerprint density at radius 2 is 1.76 bits per heavy atom. The van der Waals surface area contributed by atoms with Crippen LogP contribution in [-0.4, -0.2) is 18.8 Å². The van der Waals surface area contributed by atoms with E-state index in [1.54, 1.807) is 54.6 Å². The minimum atomic E-state index is -1.06. The second kappa shape index (κ2) is 7.97. The number of fused-ring (bicyclic) bond motifs is 4. The monoisotopic (exact) mass is 495 g/mol. The minimum Gasteiger partial charge on any atom is -0.478 e. The minimum absolute atomic E-state index is 0.102. The first-order valence-corrected chi connectivity index (χ1v) is 11.1. The smallest absolute Gasteiger partial charge is 0.344 e. The molecule has 2 atom stereocenters. The van der Waals surface area contributed by atoms with Gasteiger partial charge in [-0.3, -0.25) is 4.79 Å². The van der Waals surface area contributed by atoms with E-state index < -0.39 is 23.6 Å². The Hall–Kier alpha value is -3.68. The molecule has 7 nitrogen and oxygen atoms in total. The number of amides is 1. The Balaban J connectivity index is 1.47. The molecule has 0 saturated heterocycles. The fourth-order valence-electron chi connectivity index (χ4n) is 4.32. The lowest BCUT2D eigenvalue weighted by molar-refractivity contribution is -0.122. The van der Waals surface area contributed by atoms with Crippen LogP contribution in [0, 0.1) is 0 Å². The second-order valence-electron chi connectivity index (χ2n) is 7.88. The quantitative estimate of drug-likeness (QED) is 0.385. The third-order valence-electron chi connectivity index (χ3n) is 5.86. The lowest BCUT2D eigenvalue weighted by Crippen LogP contribution is -2.35. The number of ether oxygens (including phenoxy) is 3. The molecule has 4 aromatic rings. The molecule has 170 valence electrons. The summed E-state index contributed by atoms with van der Waals surface area (Å²) < 4.78 is 22.7. The van der Waals surface area contributed by atoms with Gasteiger partial charge in [-0.05, 0) is 48.0 Å². The number of carbonyl (C=O) groups excluding carboxylic acids is 1. The van der Waals surface area contributed by atoms with E-state index >= 15 is 0 Å².